The maximum atomic E-state index is 11.9. The quantitative estimate of drug-likeness (QED) is 0.796. The number of hydrogen-bond acceptors (Lipinski definition) is 5. The highest BCUT2D eigenvalue weighted by Crippen LogP contribution is 2.24. The highest BCUT2D eigenvalue weighted by atomic mass is 16.5. The van der Waals surface area contributed by atoms with Gasteiger partial charge in [-0.3, -0.25) is 0 Å². The van der Waals surface area contributed by atoms with E-state index in [1.807, 2.05) is 6.92 Å². The van der Waals surface area contributed by atoms with Crippen molar-refractivity contribution < 1.29 is 14.3 Å². The van der Waals surface area contributed by atoms with Crippen LogP contribution in [0.3, 0.4) is 0 Å². The number of nitriles is 1. The Labute approximate surface area is 116 Å². The first kappa shape index (κ1) is 13.9. The number of pyridine rings is 1. The Hall–Kier alpha value is -2.55. The molecule has 2 aromatic heterocycles. The summed E-state index contributed by atoms with van der Waals surface area (Å²) < 4.78 is 11.7. The number of methoxy groups -OCH3 is 1. The van der Waals surface area contributed by atoms with Gasteiger partial charge < -0.3 is 9.47 Å². The molecule has 0 unspecified atom stereocenters. The van der Waals surface area contributed by atoms with Crippen LogP contribution >= 0.6 is 0 Å². The van der Waals surface area contributed by atoms with Gasteiger partial charge in [0.25, 0.3) is 0 Å². The van der Waals surface area contributed by atoms with Crippen molar-refractivity contribution in [3.8, 4) is 11.8 Å². The first-order chi connectivity index (χ1) is 9.65. The maximum absolute atomic E-state index is 11.9. The SMILES string of the molecule is CCOC(=O)c1nn2cc(OC)c(C#N)cc2c1CC. The summed E-state index contributed by atoms with van der Waals surface area (Å²) in [6.07, 6.45) is 2.21. The molecule has 0 N–H and O–H groups in total. The highest BCUT2D eigenvalue weighted by molar-refractivity contribution is 5.91. The van der Waals surface area contributed by atoms with Gasteiger partial charge in [0.2, 0.25) is 0 Å². The Morgan fingerprint density at radius 2 is 2.25 bits per heavy atom. The molecule has 104 valence electrons. The summed E-state index contributed by atoms with van der Waals surface area (Å²) in [6.45, 7) is 3.97. The highest BCUT2D eigenvalue weighted by Gasteiger charge is 2.20. The molecular formula is C14H15N3O3. The van der Waals surface area contributed by atoms with Crippen LogP contribution in [0, 0.1) is 11.3 Å². The van der Waals surface area contributed by atoms with E-state index in [0.717, 1.165) is 5.56 Å². The fourth-order valence-electron chi connectivity index (χ4n) is 2.08. The van der Waals surface area contributed by atoms with Crippen LogP contribution in [0.15, 0.2) is 12.3 Å². The van der Waals surface area contributed by atoms with E-state index in [4.69, 9.17) is 14.7 Å². The summed E-state index contributed by atoms with van der Waals surface area (Å²) in [5.41, 5.74) is 2.17. The first-order valence-corrected chi connectivity index (χ1v) is 6.32. The van der Waals surface area contributed by atoms with Gasteiger partial charge in [-0.15, -0.1) is 0 Å². The van der Waals surface area contributed by atoms with E-state index in [2.05, 4.69) is 11.2 Å². The molecule has 0 saturated heterocycles. The molecule has 2 rings (SSSR count). The lowest BCUT2D eigenvalue weighted by molar-refractivity contribution is 0.0518. The monoisotopic (exact) mass is 273 g/mol. The van der Waals surface area contributed by atoms with E-state index < -0.39 is 5.97 Å². The molecule has 2 heterocycles. The molecular weight excluding hydrogens is 258 g/mol. The molecule has 0 aliphatic heterocycles. The zero-order chi connectivity index (χ0) is 14.7. The van der Waals surface area contributed by atoms with Gasteiger partial charge in [0.15, 0.2) is 11.4 Å². The second-order valence-electron chi connectivity index (χ2n) is 4.10. The first-order valence-electron chi connectivity index (χ1n) is 6.32. The molecule has 0 fully saturated rings. The fraction of sp³-hybridized carbons (Fsp3) is 0.357. The average Bonchev–Trinajstić information content (AvgIpc) is 2.83. The van der Waals surface area contributed by atoms with E-state index in [9.17, 15) is 4.79 Å². The number of ether oxygens (including phenoxy) is 2. The second-order valence-corrected chi connectivity index (χ2v) is 4.10. The van der Waals surface area contributed by atoms with Gasteiger partial charge in [-0.05, 0) is 19.4 Å². The van der Waals surface area contributed by atoms with Gasteiger partial charge >= 0.3 is 5.97 Å². The minimum absolute atomic E-state index is 0.284. The van der Waals surface area contributed by atoms with E-state index >= 15 is 0 Å². The Balaban J connectivity index is 2.68. The van der Waals surface area contributed by atoms with Crippen LogP contribution in [0.1, 0.15) is 35.5 Å². The Bertz CT molecular complexity index is 698. The Morgan fingerprint density at radius 1 is 1.50 bits per heavy atom. The summed E-state index contributed by atoms with van der Waals surface area (Å²) in [5.74, 6) is -0.0360. The molecule has 0 amide bonds. The predicted molar refractivity (Wildman–Crippen MR) is 71.8 cm³/mol. The lowest BCUT2D eigenvalue weighted by Crippen LogP contribution is -2.07. The minimum atomic E-state index is -0.453. The topological polar surface area (TPSA) is 76.6 Å². The summed E-state index contributed by atoms with van der Waals surface area (Å²) in [6, 6.07) is 3.75. The van der Waals surface area contributed by atoms with E-state index in [1.165, 1.54) is 7.11 Å². The van der Waals surface area contributed by atoms with Gasteiger partial charge in [0, 0.05) is 5.56 Å². The lowest BCUT2D eigenvalue weighted by Gasteiger charge is -2.03. The van der Waals surface area contributed by atoms with Gasteiger partial charge in [-0.1, -0.05) is 6.92 Å². The van der Waals surface area contributed by atoms with Crippen molar-refractivity contribution in [1.82, 2.24) is 9.61 Å². The molecule has 2 aromatic rings. The predicted octanol–water partition coefficient (Wildman–Crippen LogP) is 1.95. The third kappa shape index (κ3) is 2.18. The third-order valence-corrected chi connectivity index (χ3v) is 3.00. The van der Waals surface area contributed by atoms with Gasteiger partial charge in [0.05, 0.1) is 31.0 Å². The minimum Gasteiger partial charge on any atom is -0.494 e. The van der Waals surface area contributed by atoms with Gasteiger partial charge in [-0.25, -0.2) is 9.31 Å². The molecule has 0 spiro atoms. The Morgan fingerprint density at radius 3 is 2.80 bits per heavy atom. The molecule has 0 aliphatic carbocycles. The molecule has 20 heavy (non-hydrogen) atoms. The van der Waals surface area contributed by atoms with Crippen LogP contribution in [0.2, 0.25) is 0 Å². The van der Waals surface area contributed by atoms with Crippen LogP contribution < -0.4 is 4.74 Å². The zero-order valence-corrected chi connectivity index (χ0v) is 11.6. The number of aromatic nitrogens is 2. The lowest BCUT2D eigenvalue weighted by atomic mass is 10.1. The number of carbonyl (C=O) groups excluding carboxylic acids is 1. The van der Waals surface area contributed by atoms with Crippen molar-refractivity contribution in [2.24, 2.45) is 0 Å². The summed E-state index contributed by atoms with van der Waals surface area (Å²) in [5, 5.41) is 13.4. The number of nitrogens with zero attached hydrogens (tertiary/aromatic N) is 3. The molecule has 0 radical (unpaired) electrons. The summed E-state index contributed by atoms with van der Waals surface area (Å²) in [7, 11) is 1.48. The van der Waals surface area contributed by atoms with Crippen molar-refractivity contribution in [3.05, 3.63) is 29.1 Å². The van der Waals surface area contributed by atoms with Crippen molar-refractivity contribution in [2.45, 2.75) is 20.3 Å². The van der Waals surface area contributed by atoms with Crippen molar-refractivity contribution >= 4 is 11.5 Å². The number of aryl methyl sites for hydroxylation is 1. The zero-order valence-electron chi connectivity index (χ0n) is 11.6. The molecule has 0 bridgehead atoms. The van der Waals surface area contributed by atoms with E-state index in [-0.39, 0.29) is 5.69 Å². The standard InChI is InChI=1S/C14H15N3O3/c1-4-10-11-6-9(7-15)12(19-3)8-17(11)16-13(10)14(18)20-5-2/h6,8H,4-5H2,1-3H3. The van der Waals surface area contributed by atoms with E-state index in [1.54, 1.807) is 23.7 Å². The molecule has 0 aromatic carbocycles. The summed E-state index contributed by atoms with van der Waals surface area (Å²) in [4.78, 5) is 11.9. The maximum Gasteiger partial charge on any atom is 0.359 e. The third-order valence-electron chi connectivity index (χ3n) is 3.00. The van der Waals surface area contributed by atoms with Gasteiger partial charge in [0.1, 0.15) is 6.07 Å². The average molecular weight is 273 g/mol. The molecule has 0 atom stereocenters. The van der Waals surface area contributed by atoms with Crippen LogP contribution in [-0.4, -0.2) is 29.3 Å². The van der Waals surface area contributed by atoms with Crippen LogP contribution in [-0.2, 0) is 11.2 Å². The molecule has 0 saturated carbocycles. The molecule has 6 heteroatoms. The van der Waals surface area contributed by atoms with Gasteiger partial charge in [-0.2, -0.15) is 10.4 Å². The second kappa shape index (κ2) is 5.61. The number of esters is 1. The smallest absolute Gasteiger partial charge is 0.359 e. The normalized spacial score (nSPS) is 10.3. The fourth-order valence-corrected chi connectivity index (χ4v) is 2.08. The van der Waals surface area contributed by atoms with Crippen molar-refractivity contribution in [1.29, 1.82) is 5.26 Å². The van der Waals surface area contributed by atoms with Crippen molar-refractivity contribution in [2.75, 3.05) is 13.7 Å². The number of hydrogen-bond donors (Lipinski definition) is 0. The summed E-state index contributed by atoms with van der Waals surface area (Å²) >= 11 is 0. The molecule has 0 aliphatic rings. The van der Waals surface area contributed by atoms with Crippen LogP contribution in [0.5, 0.6) is 5.75 Å². The van der Waals surface area contributed by atoms with Crippen molar-refractivity contribution in [3.63, 3.8) is 0 Å². The van der Waals surface area contributed by atoms with E-state index in [0.29, 0.717) is 29.9 Å². The largest absolute Gasteiger partial charge is 0.494 e. The Kier molecular flexibility index (Phi) is 3.89. The van der Waals surface area contributed by atoms with Crippen LogP contribution in [0.4, 0.5) is 0 Å². The number of rotatable bonds is 4. The van der Waals surface area contributed by atoms with Crippen LogP contribution in [0.25, 0.3) is 5.52 Å². The number of carbonyl (C=O) groups is 1. The number of fused-ring (bicyclic) bond motifs is 1. The molecule has 6 nitrogen and oxygen atoms in total.